The van der Waals surface area contributed by atoms with Crippen LogP contribution in [0, 0.1) is 5.92 Å². The Labute approximate surface area is 206 Å². The van der Waals surface area contributed by atoms with Crippen LogP contribution in [-0.4, -0.2) is 41.8 Å². The van der Waals surface area contributed by atoms with E-state index in [9.17, 15) is 19.5 Å². The Morgan fingerprint density at radius 3 is 2.20 bits per heavy atom. The summed E-state index contributed by atoms with van der Waals surface area (Å²) in [6.45, 7) is 2.20. The molecular weight excluding hydrogens is 444 g/mol. The zero-order chi connectivity index (χ0) is 24.8. The van der Waals surface area contributed by atoms with Crippen LogP contribution in [0.1, 0.15) is 68.9 Å². The molecule has 0 aliphatic heterocycles. The van der Waals surface area contributed by atoms with Crippen LogP contribution in [0.4, 0.5) is 4.79 Å². The first-order valence-electron chi connectivity index (χ1n) is 12.6. The molecule has 186 valence electrons. The molecule has 1 fully saturated rings. The average molecular weight is 479 g/mol. The van der Waals surface area contributed by atoms with Crippen molar-refractivity contribution >= 4 is 18.0 Å². The summed E-state index contributed by atoms with van der Waals surface area (Å²) in [4.78, 5) is 37.0. The molecule has 0 saturated heterocycles. The van der Waals surface area contributed by atoms with Gasteiger partial charge in [-0.3, -0.25) is 9.59 Å². The van der Waals surface area contributed by atoms with Gasteiger partial charge in [0.1, 0.15) is 12.6 Å². The van der Waals surface area contributed by atoms with Crippen LogP contribution in [-0.2, 0) is 14.3 Å². The molecule has 2 amide bonds. The third-order valence-corrected chi connectivity index (χ3v) is 6.89. The van der Waals surface area contributed by atoms with E-state index < -0.39 is 24.1 Å². The van der Waals surface area contributed by atoms with E-state index in [0.29, 0.717) is 18.8 Å². The summed E-state index contributed by atoms with van der Waals surface area (Å²) >= 11 is 0. The highest BCUT2D eigenvalue weighted by molar-refractivity contribution is 5.86. The molecule has 7 heteroatoms. The van der Waals surface area contributed by atoms with Gasteiger partial charge in [-0.25, -0.2) is 4.79 Å². The highest BCUT2D eigenvalue weighted by Crippen LogP contribution is 2.44. The predicted octanol–water partition coefficient (Wildman–Crippen LogP) is 4.84. The molecule has 1 saturated carbocycles. The van der Waals surface area contributed by atoms with Crippen molar-refractivity contribution in [1.29, 1.82) is 0 Å². The first-order valence-corrected chi connectivity index (χ1v) is 12.6. The second-order valence-electron chi connectivity index (χ2n) is 9.65. The first-order chi connectivity index (χ1) is 17.0. The number of aliphatic carboxylic acids is 1. The van der Waals surface area contributed by atoms with Gasteiger partial charge < -0.3 is 20.5 Å². The van der Waals surface area contributed by atoms with Gasteiger partial charge in [0.15, 0.2) is 0 Å². The summed E-state index contributed by atoms with van der Waals surface area (Å²) in [6.07, 6.45) is 4.16. The van der Waals surface area contributed by atoms with E-state index in [1.165, 1.54) is 0 Å². The number of alkyl carbamates (subject to hydrolysis) is 1. The number of hydrogen-bond acceptors (Lipinski definition) is 4. The molecule has 2 aromatic carbocycles. The second kappa shape index (κ2) is 11.4. The van der Waals surface area contributed by atoms with Crippen molar-refractivity contribution < 1.29 is 24.2 Å². The summed E-state index contributed by atoms with van der Waals surface area (Å²) in [5, 5.41) is 14.8. The SMILES string of the molecule is CCCC[C@H](CC(=O)O)NC(=O)[C@H](CC1CC1)NC(=O)OCC1c2ccccc2-c2ccccc21. The number of hydrogen-bond donors (Lipinski definition) is 3. The minimum absolute atomic E-state index is 0.0575. The lowest BCUT2D eigenvalue weighted by molar-refractivity contribution is -0.137. The lowest BCUT2D eigenvalue weighted by atomic mass is 9.98. The molecular formula is C28H34N2O5. The van der Waals surface area contributed by atoms with E-state index in [-0.39, 0.29) is 24.9 Å². The molecule has 0 spiro atoms. The Bertz CT molecular complexity index is 1020. The van der Waals surface area contributed by atoms with Gasteiger partial charge in [-0.15, -0.1) is 0 Å². The van der Waals surface area contributed by atoms with Gasteiger partial charge >= 0.3 is 12.1 Å². The fourth-order valence-corrected chi connectivity index (χ4v) is 4.89. The van der Waals surface area contributed by atoms with Crippen molar-refractivity contribution in [1.82, 2.24) is 10.6 Å². The Kier molecular flexibility index (Phi) is 8.06. The molecule has 0 aromatic heterocycles. The van der Waals surface area contributed by atoms with E-state index >= 15 is 0 Å². The molecule has 2 aliphatic rings. The number of nitrogens with one attached hydrogen (secondary N) is 2. The summed E-state index contributed by atoms with van der Waals surface area (Å²) in [6, 6.07) is 15.1. The molecule has 35 heavy (non-hydrogen) atoms. The number of carboxylic acids is 1. The fourth-order valence-electron chi connectivity index (χ4n) is 4.89. The van der Waals surface area contributed by atoms with Crippen molar-refractivity contribution in [2.24, 2.45) is 5.92 Å². The van der Waals surface area contributed by atoms with Crippen LogP contribution in [0.5, 0.6) is 0 Å². The molecule has 2 aliphatic carbocycles. The predicted molar refractivity (Wildman–Crippen MR) is 133 cm³/mol. The highest BCUT2D eigenvalue weighted by Gasteiger charge is 2.33. The zero-order valence-corrected chi connectivity index (χ0v) is 20.2. The van der Waals surface area contributed by atoms with Crippen molar-refractivity contribution in [3.63, 3.8) is 0 Å². The molecule has 4 rings (SSSR count). The Balaban J connectivity index is 1.38. The smallest absolute Gasteiger partial charge is 0.407 e. The van der Waals surface area contributed by atoms with Gasteiger partial charge in [-0.1, -0.05) is 81.1 Å². The maximum atomic E-state index is 13.0. The minimum Gasteiger partial charge on any atom is -0.481 e. The molecule has 7 nitrogen and oxygen atoms in total. The summed E-state index contributed by atoms with van der Waals surface area (Å²) in [5.41, 5.74) is 4.56. The highest BCUT2D eigenvalue weighted by atomic mass is 16.5. The largest absolute Gasteiger partial charge is 0.481 e. The van der Waals surface area contributed by atoms with E-state index in [4.69, 9.17) is 4.74 Å². The van der Waals surface area contributed by atoms with Crippen molar-refractivity contribution in [3.8, 4) is 11.1 Å². The van der Waals surface area contributed by atoms with Crippen LogP contribution in [0.15, 0.2) is 48.5 Å². The molecule has 0 unspecified atom stereocenters. The van der Waals surface area contributed by atoms with Crippen LogP contribution < -0.4 is 10.6 Å². The van der Waals surface area contributed by atoms with Crippen LogP contribution in [0.25, 0.3) is 11.1 Å². The van der Waals surface area contributed by atoms with Gasteiger partial charge in [0, 0.05) is 12.0 Å². The molecule has 0 radical (unpaired) electrons. The minimum atomic E-state index is -0.949. The summed E-state index contributed by atoms with van der Waals surface area (Å²) in [7, 11) is 0. The van der Waals surface area contributed by atoms with E-state index in [1.807, 2.05) is 31.2 Å². The fraction of sp³-hybridized carbons (Fsp3) is 0.464. The van der Waals surface area contributed by atoms with Crippen LogP contribution >= 0.6 is 0 Å². The van der Waals surface area contributed by atoms with E-state index in [0.717, 1.165) is 47.9 Å². The number of amides is 2. The molecule has 2 aromatic rings. The quantitative estimate of drug-likeness (QED) is 0.405. The first kappa shape index (κ1) is 24.8. The number of carboxylic acid groups (broad SMARTS) is 1. The van der Waals surface area contributed by atoms with Crippen LogP contribution in [0.3, 0.4) is 0 Å². The van der Waals surface area contributed by atoms with E-state index in [1.54, 1.807) is 0 Å². The number of carbonyl (C=O) groups is 3. The van der Waals surface area contributed by atoms with Gasteiger partial charge in [-0.2, -0.15) is 0 Å². The van der Waals surface area contributed by atoms with Gasteiger partial charge in [0.2, 0.25) is 5.91 Å². The maximum absolute atomic E-state index is 13.0. The second-order valence-corrected chi connectivity index (χ2v) is 9.65. The third kappa shape index (κ3) is 6.41. The molecule has 3 N–H and O–H groups in total. The number of benzene rings is 2. The standard InChI is InChI=1S/C28H34N2O5/c1-2-3-8-19(16-26(31)32)29-27(33)25(15-18-13-14-18)30-28(34)35-17-24-22-11-6-4-9-20(22)21-10-5-7-12-23(21)24/h4-7,9-12,18-19,24-25H,2-3,8,13-17H2,1H3,(H,29,33)(H,30,34)(H,31,32)/t19-,25+/m1/s1. The topological polar surface area (TPSA) is 105 Å². The Morgan fingerprint density at radius 1 is 1.00 bits per heavy atom. The average Bonchev–Trinajstić information content (AvgIpc) is 3.61. The van der Waals surface area contributed by atoms with Gasteiger partial charge in [0.05, 0.1) is 6.42 Å². The molecule has 0 bridgehead atoms. The monoisotopic (exact) mass is 478 g/mol. The lowest BCUT2D eigenvalue weighted by Gasteiger charge is -2.23. The van der Waals surface area contributed by atoms with E-state index in [2.05, 4.69) is 34.9 Å². The summed E-state index contributed by atoms with van der Waals surface area (Å²) < 4.78 is 5.63. The van der Waals surface area contributed by atoms with Crippen molar-refractivity contribution in [3.05, 3.63) is 59.7 Å². The van der Waals surface area contributed by atoms with Crippen molar-refractivity contribution in [2.45, 2.75) is 69.9 Å². The van der Waals surface area contributed by atoms with Gasteiger partial charge in [0.25, 0.3) is 0 Å². The number of fused-ring (bicyclic) bond motifs is 3. The normalized spacial score (nSPS) is 16.0. The number of rotatable bonds is 12. The number of ether oxygens (including phenoxy) is 1. The third-order valence-electron chi connectivity index (χ3n) is 6.89. The molecule has 0 heterocycles. The summed E-state index contributed by atoms with van der Waals surface area (Å²) in [5.74, 6) is -0.951. The lowest BCUT2D eigenvalue weighted by Crippen LogP contribution is -2.50. The van der Waals surface area contributed by atoms with Crippen LogP contribution in [0.2, 0.25) is 0 Å². The number of carbonyl (C=O) groups excluding carboxylic acids is 2. The molecule has 2 atom stereocenters. The Hall–Kier alpha value is -3.35. The number of unbranched alkanes of at least 4 members (excludes halogenated alkanes) is 1. The van der Waals surface area contributed by atoms with Gasteiger partial charge in [-0.05, 0) is 41.0 Å². The maximum Gasteiger partial charge on any atom is 0.407 e. The zero-order valence-electron chi connectivity index (χ0n) is 20.2. The van der Waals surface area contributed by atoms with Crippen molar-refractivity contribution in [2.75, 3.05) is 6.61 Å². The Morgan fingerprint density at radius 2 is 1.63 bits per heavy atom.